The average Bonchev–Trinajstić information content (AvgIpc) is 2.78. The highest BCUT2D eigenvalue weighted by atomic mass is 35.5. The first-order chi connectivity index (χ1) is 9.48. The molecule has 0 saturated carbocycles. The summed E-state index contributed by atoms with van der Waals surface area (Å²) in [6.07, 6.45) is 1.65. The SMILES string of the molecule is Cl.Cn1nc2cccc(S(=O)(=O)N3CCCC(N)C3)c2n1. The van der Waals surface area contributed by atoms with Crippen molar-refractivity contribution in [1.29, 1.82) is 0 Å². The Kier molecular flexibility index (Phi) is 4.52. The molecule has 0 amide bonds. The third-order valence-corrected chi connectivity index (χ3v) is 5.41. The minimum absolute atomic E-state index is 0. The van der Waals surface area contributed by atoms with Gasteiger partial charge in [0.2, 0.25) is 10.0 Å². The molecule has 0 radical (unpaired) electrons. The van der Waals surface area contributed by atoms with Gasteiger partial charge in [0, 0.05) is 26.2 Å². The Bertz CT molecular complexity index is 745. The van der Waals surface area contributed by atoms with Crippen molar-refractivity contribution in [3.8, 4) is 0 Å². The molecule has 2 N–H and O–H groups in total. The van der Waals surface area contributed by atoms with E-state index in [0.717, 1.165) is 12.8 Å². The lowest BCUT2D eigenvalue weighted by molar-refractivity contribution is 0.316. The first kappa shape index (κ1) is 16.2. The average molecular weight is 332 g/mol. The zero-order chi connectivity index (χ0) is 14.3. The number of aromatic nitrogens is 3. The predicted molar refractivity (Wildman–Crippen MR) is 81.7 cm³/mol. The summed E-state index contributed by atoms with van der Waals surface area (Å²) in [5.41, 5.74) is 6.87. The largest absolute Gasteiger partial charge is 0.327 e. The number of piperidine rings is 1. The van der Waals surface area contributed by atoms with Crippen molar-refractivity contribution in [2.45, 2.75) is 23.8 Å². The summed E-state index contributed by atoms with van der Waals surface area (Å²) in [5, 5.41) is 8.31. The van der Waals surface area contributed by atoms with Crippen LogP contribution in [-0.4, -0.2) is 46.8 Å². The van der Waals surface area contributed by atoms with Crippen LogP contribution >= 0.6 is 12.4 Å². The van der Waals surface area contributed by atoms with Crippen LogP contribution in [0.4, 0.5) is 0 Å². The van der Waals surface area contributed by atoms with E-state index in [1.54, 1.807) is 25.2 Å². The molecule has 2 aromatic rings. The fraction of sp³-hybridized carbons (Fsp3) is 0.500. The van der Waals surface area contributed by atoms with Gasteiger partial charge < -0.3 is 5.73 Å². The van der Waals surface area contributed by atoms with Crippen molar-refractivity contribution in [1.82, 2.24) is 19.3 Å². The van der Waals surface area contributed by atoms with Gasteiger partial charge in [-0.15, -0.1) is 12.4 Å². The summed E-state index contributed by atoms with van der Waals surface area (Å²) in [6.45, 7) is 0.867. The number of nitrogens with two attached hydrogens (primary N) is 1. The van der Waals surface area contributed by atoms with E-state index in [0.29, 0.717) is 24.1 Å². The maximum Gasteiger partial charge on any atom is 0.245 e. The summed E-state index contributed by atoms with van der Waals surface area (Å²) in [7, 11) is -1.90. The van der Waals surface area contributed by atoms with Crippen LogP contribution in [-0.2, 0) is 17.1 Å². The van der Waals surface area contributed by atoms with Crippen LogP contribution in [0.25, 0.3) is 11.0 Å². The number of hydrogen-bond acceptors (Lipinski definition) is 5. The Morgan fingerprint density at radius 1 is 1.33 bits per heavy atom. The molecule has 1 aliphatic rings. The van der Waals surface area contributed by atoms with Crippen molar-refractivity contribution in [3.63, 3.8) is 0 Å². The van der Waals surface area contributed by atoms with Crippen LogP contribution in [0.2, 0.25) is 0 Å². The van der Waals surface area contributed by atoms with E-state index < -0.39 is 10.0 Å². The maximum atomic E-state index is 12.7. The molecule has 0 spiro atoms. The second-order valence-electron chi connectivity index (χ2n) is 5.08. The van der Waals surface area contributed by atoms with E-state index in [1.807, 2.05) is 0 Å². The van der Waals surface area contributed by atoms with E-state index in [2.05, 4.69) is 10.2 Å². The molecular weight excluding hydrogens is 314 g/mol. The molecule has 1 fully saturated rings. The molecule has 1 aliphatic heterocycles. The zero-order valence-corrected chi connectivity index (χ0v) is 13.3. The van der Waals surface area contributed by atoms with Crippen LogP contribution < -0.4 is 5.73 Å². The Morgan fingerprint density at radius 3 is 2.81 bits per heavy atom. The maximum absolute atomic E-state index is 12.7. The first-order valence-corrected chi connectivity index (χ1v) is 7.98. The smallest absolute Gasteiger partial charge is 0.245 e. The van der Waals surface area contributed by atoms with E-state index in [-0.39, 0.29) is 23.3 Å². The number of fused-ring (bicyclic) bond motifs is 1. The van der Waals surface area contributed by atoms with Crippen LogP contribution in [0.1, 0.15) is 12.8 Å². The van der Waals surface area contributed by atoms with E-state index in [9.17, 15) is 8.42 Å². The number of nitrogens with zero attached hydrogens (tertiary/aromatic N) is 4. The quantitative estimate of drug-likeness (QED) is 0.865. The van der Waals surface area contributed by atoms with Gasteiger partial charge in [0.05, 0.1) is 0 Å². The Hall–Kier alpha value is -1.22. The fourth-order valence-corrected chi connectivity index (χ4v) is 4.23. The van der Waals surface area contributed by atoms with Crippen LogP contribution in [0.3, 0.4) is 0 Å². The molecule has 2 heterocycles. The van der Waals surface area contributed by atoms with Crippen LogP contribution in [0, 0.1) is 0 Å². The summed E-state index contributed by atoms with van der Waals surface area (Å²) in [4.78, 5) is 1.59. The van der Waals surface area contributed by atoms with Crippen molar-refractivity contribution in [3.05, 3.63) is 18.2 Å². The molecule has 1 atom stereocenters. The molecule has 7 nitrogen and oxygen atoms in total. The summed E-state index contributed by atoms with van der Waals surface area (Å²) >= 11 is 0. The normalized spacial score (nSPS) is 20.4. The molecule has 3 rings (SSSR count). The standard InChI is InChI=1S/C12H17N5O2S.ClH/c1-16-14-10-5-2-6-11(12(10)15-16)20(18,19)17-7-3-4-9(13)8-17;/h2,5-6,9H,3-4,7-8,13H2,1H3;1H. The van der Waals surface area contributed by atoms with E-state index in [4.69, 9.17) is 5.73 Å². The number of rotatable bonds is 2. The third kappa shape index (κ3) is 2.89. The predicted octanol–water partition coefficient (Wildman–Crippen LogP) is 0.502. The monoisotopic (exact) mass is 331 g/mol. The number of benzene rings is 1. The van der Waals surface area contributed by atoms with Gasteiger partial charge in [0.25, 0.3) is 0 Å². The van der Waals surface area contributed by atoms with Gasteiger partial charge in [-0.3, -0.25) is 0 Å². The topological polar surface area (TPSA) is 94.1 Å². The fourth-order valence-electron chi connectivity index (χ4n) is 2.55. The Balaban J connectivity index is 0.00000161. The molecule has 0 aliphatic carbocycles. The second kappa shape index (κ2) is 5.88. The van der Waals surface area contributed by atoms with Crippen molar-refractivity contribution < 1.29 is 8.42 Å². The minimum atomic E-state index is -3.57. The van der Waals surface area contributed by atoms with Crippen molar-refractivity contribution >= 4 is 33.5 Å². The van der Waals surface area contributed by atoms with E-state index in [1.165, 1.54) is 9.10 Å². The molecule has 9 heteroatoms. The third-order valence-electron chi connectivity index (χ3n) is 3.51. The lowest BCUT2D eigenvalue weighted by atomic mass is 10.1. The minimum Gasteiger partial charge on any atom is -0.327 e. The molecule has 0 bridgehead atoms. The summed E-state index contributed by atoms with van der Waals surface area (Å²) in [6, 6.07) is 4.92. The van der Waals surface area contributed by atoms with Crippen molar-refractivity contribution in [2.24, 2.45) is 12.8 Å². The van der Waals surface area contributed by atoms with Crippen LogP contribution in [0.15, 0.2) is 23.1 Å². The lowest BCUT2D eigenvalue weighted by Crippen LogP contribution is -2.45. The number of hydrogen-bond donors (Lipinski definition) is 1. The number of halogens is 1. The highest BCUT2D eigenvalue weighted by molar-refractivity contribution is 7.89. The van der Waals surface area contributed by atoms with E-state index >= 15 is 0 Å². The number of sulfonamides is 1. The second-order valence-corrected chi connectivity index (χ2v) is 6.99. The van der Waals surface area contributed by atoms with Gasteiger partial charge in [-0.05, 0) is 25.0 Å². The molecule has 1 aromatic heterocycles. The Labute approximate surface area is 129 Å². The molecular formula is C12H18ClN5O2S. The molecule has 1 saturated heterocycles. The molecule has 116 valence electrons. The highest BCUT2D eigenvalue weighted by Crippen LogP contribution is 2.25. The van der Waals surface area contributed by atoms with Gasteiger partial charge in [-0.1, -0.05) is 6.07 Å². The van der Waals surface area contributed by atoms with Gasteiger partial charge in [0.1, 0.15) is 15.9 Å². The van der Waals surface area contributed by atoms with Crippen molar-refractivity contribution in [2.75, 3.05) is 13.1 Å². The summed E-state index contributed by atoms with van der Waals surface area (Å²) in [5.74, 6) is 0. The Morgan fingerprint density at radius 2 is 2.10 bits per heavy atom. The number of aryl methyl sites for hydroxylation is 1. The lowest BCUT2D eigenvalue weighted by Gasteiger charge is -2.29. The molecule has 21 heavy (non-hydrogen) atoms. The van der Waals surface area contributed by atoms with Gasteiger partial charge in [0.15, 0.2) is 0 Å². The van der Waals surface area contributed by atoms with Gasteiger partial charge in [-0.25, -0.2) is 8.42 Å². The molecule has 1 aromatic carbocycles. The molecule has 1 unspecified atom stereocenters. The van der Waals surface area contributed by atoms with Gasteiger partial charge in [-0.2, -0.15) is 19.3 Å². The zero-order valence-electron chi connectivity index (χ0n) is 11.6. The highest BCUT2D eigenvalue weighted by Gasteiger charge is 2.31. The summed E-state index contributed by atoms with van der Waals surface area (Å²) < 4.78 is 26.9. The van der Waals surface area contributed by atoms with Gasteiger partial charge >= 0.3 is 0 Å². The first-order valence-electron chi connectivity index (χ1n) is 6.54. The van der Waals surface area contributed by atoms with Crippen LogP contribution in [0.5, 0.6) is 0 Å².